The SMILES string of the molecule is Cn1nc(NCc2cccc(C(F)(F)C#N)c2)c2cc(C[N+]3([O-])CCNCC3)ncc2c1=O. The van der Waals surface area contributed by atoms with Crippen LogP contribution >= 0.6 is 0 Å². The fourth-order valence-corrected chi connectivity index (χ4v) is 3.89. The second kappa shape index (κ2) is 8.82. The van der Waals surface area contributed by atoms with Crippen molar-refractivity contribution >= 4 is 16.6 Å². The predicted octanol–water partition coefficient (Wildman–Crippen LogP) is 1.97. The third-order valence-electron chi connectivity index (χ3n) is 5.72. The topological polar surface area (TPSA) is 119 Å². The van der Waals surface area contributed by atoms with Gasteiger partial charge in [0.2, 0.25) is 0 Å². The zero-order chi connectivity index (χ0) is 23.6. The molecule has 1 saturated heterocycles. The smallest absolute Gasteiger partial charge is 0.357 e. The summed E-state index contributed by atoms with van der Waals surface area (Å²) in [7, 11) is 1.51. The van der Waals surface area contributed by atoms with Crippen LogP contribution in [0, 0.1) is 16.5 Å². The Labute approximate surface area is 188 Å². The Kier molecular flexibility index (Phi) is 6.07. The van der Waals surface area contributed by atoms with E-state index in [9.17, 15) is 18.8 Å². The molecular weight excluding hydrogens is 432 g/mol. The van der Waals surface area contributed by atoms with E-state index in [0.29, 0.717) is 54.0 Å². The molecule has 0 spiro atoms. The van der Waals surface area contributed by atoms with Gasteiger partial charge in [0.25, 0.3) is 5.56 Å². The number of nitrogens with one attached hydrogen (secondary N) is 2. The molecule has 0 bridgehead atoms. The Hall–Kier alpha value is -3.46. The molecule has 1 aliphatic heterocycles. The molecule has 3 heterocycles. The minimum Gasteiger partial charge on any atom is -0.632 e. The zero-order valence-corrected chi connectivity index (χ0v) is 18.0. The number of piperazine rings is 1. The van der Waals surface area contributed by atoms with E-state index >= 15 is 0 Å². The quantitative estimate of drug-likeness (QED) is 0.431. The van der Waals surface area contributed by atoms with Gasteiger partial charge < -0.3 is 20.5 Å². The number of quaternary nitrogens is 1. The average Bonchev–Trinajstić information content (AvgIpc) is 2.81. The molecule has 0 aliphatic carbocycles. The maximum Gasteiger partial charge on any atom is 0.357 e. The Bertz CT molecular complexity index is 1280. The Morgan fingerprint density at radius 2 is 2.06 bits per heavy atom. The van der Waals surface area contributed by atoms with Crippen LogP contribution < -0.4 is 16.2 Å². The van der Waals surface area contributed by atoms with Crippen molar-refractivity contribution in [2.45, 2.75) is 19.0 Å². The summed E-state index contributed by atoms with van der Waals surface area (Å²) in [5, 5.41) is 33.0. The van der Waals surface area contributed by atoms with E-state index in [1.54, 1.807) is 12.1 Å². The number of alkyl halides is 2. The van der Waals surface area contributed by atoms with Crippen LogP contribution in [0.2, 0.25) is 0 Å². The number of nitriles is 1. The van der Waals surface area contributed by atoms with Crippen LogP contribution in [-0.4, -0.2) is 45.6 Å². The number of halogens is 2. The van der Waals surface area contributed by atoms with E-state index in [1.165, 1.54) is 36.1 Å². The van der Waals surface area contributed by atoms with E-state index in [0.717, 1.165) is 6.07 Å². The van der Waals surface area contributed by atoms with Gasteiger partial charge in [-0.2, -0.15) is 19.1 Å². The van der Waals surface area contributed by atoms with E-state index in [1.807, 2.05) is 0 Å². The number of aryl methyl sites for hydroxylation is 1. The van der Waals surface area contributed by atoms with Crippen molar-refractivity contribution in [1.29, 1.82) is 5.26 Å². The van der Waals surface area contributed by atoms with Crippen LogP contribution in [0.3, 0.4) is 0 Å². The molecular formula is C22H23F2N7O2. The van der Waals surface area contributed by atoms with Crippen molar-refractivity contribution in [3.05, 3.63) is 68.9 Å². The van der Waals surface area contributed by atoms with Crippen molar-refractivity contribution in [2.24, 2.45) is 7.05 Å². The summed E-state index contributed by atoms with van der Waals surface area (Å²) in [6.07, 6.45) is 1.45. The molecule has 0 radical (unpaired) electrons. The maximum atomic E-state index is 13.7. The number of hydrogen-bond acceptors (Lipinski definition) is 7. The molecule has 0 amide bonds. The van der Waals surface area contributed by atoms with Crippen LogP contribution in [0.1, 0.15) is 16.8 Å². The highest BCUT2D eigenvalue weighted by Crippen LogP contribution is 2.28. The largest absolute Gasteiger partial charge is 0.632 e. The molecule has 1 aromatic carbocycles. The molecule has 9 nitrogen and oxygen atoms in total. The Morgan fingerprint density at radius 1 is 1.30 bits per heavy atom. The molecule has 3 aromatic rings. The van der Waals surface area contributed by atoms with Crippen LogP contribution in [0.5, 0.6) is 0 Å². The lowest BCUT2D eigenvalue weighted by Gasteiger charge is -2.45. The van der Waals surface area contributed by atoms with Crippen molar-refractivity contribution in [2.75, 3.05) is 31.5 Å². The molecule has 2 N–H and O–H groups in total. The van der Waals surface area contributed by atoms with Gasteiger partial charge in [0.15, 0.2) is 5.82 Å². The minimum atomic E-state index is -3.58. The Morgan fingerprint density at radius 3 is 2.79 bits per heavy atom. The summed E-state index contributed by atoms with van der Waals surface area (Å²) in [5.74, 6) is -3.22. The van der Waals surface area contributed by atoms with Gasteiger partial charge in [0.1, 0.15) is 12.6 Å². The number of hydroxylamine groups is 3. The monoisotopic (exact) mass is 455 g/mol. The standard InChI is InChI=1S/C22H23F2N7O2/c1-30-21(32)19-12-27-17(13-31(33)7-5-26-6-8-31)10-18(19)20(29-30)28-11-15-3-2-4-16(9-15)22(23,24)14-25/h2-4,9-10,12,26H,5-8,11,13H2,1H3,(H,28,29). The lowest BCUT2D eigenvalue weighted by molar-refractivity contribution is -0.895. The van der Waals surface area contributed by atoms with Gasteiger partial charge in [-0.15, -0.1) is 0 Å². The van der Waals surface area contributed by atoms with Gasteiger partial charge >= 0.3 is 5.92 Å². The third-order valence-corrected chi connectivity index (χ3v) is 5.72. The molecule has 0 unspecified atom stereocenters. The molecule has 33 heavy (non-hydrogen) atoms. The number of nitrogens with zero attached hydrogens (tertiary/aromatic N) is 5. The van der Waals surface area contributed by atoms with Crippen molar-refractivity contribution in [1.82, 2.24) is 20.1 Å². The molecule has 0 atom stereocenters. The number of aromatic nitrogens is 3. The van der Waals surface area contributed by atoms with Crippen molar-refractivity contribution in [3.63, 3.8) is 0 Å². The van der Waals surface area contributed by atoms with E-state index < -0.39 is 16.1 Å². The van der Waals surface area contributed by atoms with E-state index in [2.05, 4.69) is 20.7 Å². The zero-order valence-electron chi connectivity index (χ0n) is 18.0. The number of fused-ring (bicyclic) bond motifs is 1. The van der Waals surface area contributed by atoms with Gasteiger partial charge in [-0.05, 0) is 17.7 Å². The van der Waals surface area contributed by atoms with Crippen molar-refractivity contribution < 1.29 is 13.4 Å². The van der Waals surface area contributed by atoms with Gasteiger partial charge in [-0.25, -0.2) is 4.68 Å². The number of rotatable bonds is 6. The predicted molar refractivity (Wildman–Crippen MR) is 118 cm³/mol. The number of pyridine rings is 1. The summed E-state index contributed by atoms with van der Waals surface area (Å²) < 4.78 is 28.2. The van der Waals surface area contributed by atoms with E-state index in [4.69, 9.17) is 5.26 Å². The normalized spacial score (nSPS) is 15.8. The highest BCUT2D eigenvalue weighted by molar-refractivity contribution is 5.90. The first-order valence-electron chi connectivity index (χ1n) is 10.5. The highest BCUT2D eigenvalue weighted by atomic mass is 19.3. The molecule has 4 rings (SSSR count). The van der Waals surface area contributed by atoms with Crippen LogP contribution in [0.25, 0.3) is 10.8 Å². The van der Waals surface area contributed by atoms with Gasteiger partial charge in [-0.1, -0.05) is 18.2 Å². The van der Waals surface area contributed by atoms with Gasteiger partial charge in [-0.3, -0.25) is 9.78 Å². The van der Waals surface area contributed by atoms with Gasteiger partial charge in [0, 0.05) is 43.8 Å². The summed E-state index contributed by atoms with van der Waals surface area (Å²) in [5.41, 5.74) is 0.339. The maximum absolute atomic E-state index is 13.7. The molecule has 172 valence electrons. The second-order valence-electron chi connectivity index (χ2n) is 8.15. The summed E-state index contributed by atoms with van der Waals surface area (Å²) in [4.78, 5) is 16.9. The third kappa shape index (κ3) is 4.83. The second-order valence-corrected chi connectivity index (χ2v) is 8.15. The number of hydrogen-bond donors (Lipinski definition) is 2. The van der Waals surface area contributed by atoms with Crippen LogP contribution in [0.4, 0.5) is 14.6 Å². The lowest BCUT2D eigenvalue weighted by atomic mass is 10.1. The molecule has 2 aromatic heterocycles. The molecule has 11 heteroatoms. The fraction of sp³-hybridized carbons (Fsp3) is 0.364. The average molecular weight is 455 g/mol. The molecule has 1 fully saturated rings. The number of benzene rings is 1. The summed E-state index contributed by atoms with van der Waals surface area (Å²) >= 11 is 0. The van der Waals surface area contributed by atoms with E-state index in [-0.39, 0.29) is 18.6 Å². The van der Waals surface area contributed by atoms with Crippen LogP contribution in [0.15, 0.2) is 41.3 Å². The fourth-order valence-electron chi connectivity index (χ4n) is 3.89. The first kappa shape index (κ1) is 22.7. The summed E-state index contributed by atoms with van der Waals surface area (Å²) in [6.45, 7) is 2.45. The lowest BCUT2D eigenvalue weighted by Crippen LogP contribution is -2.54. The molecule has 1 aliphatic rings. The van der Waals surface area contributed by atoms with Gasteiger partial charge in [0.05, 0.1) is 24.2 Å². The number of anilines is 1. The first-order valence-corrected chi connectivity index (χ1v) is 10.5. The van der Waals surface area contributed by atoms with Crippen LogP contribution in [-0.2, 0) is 26.1 Å². The first-order chi connectivity index (χ1) is 15.7. The summed E-state index contributed by atoms with van der Waals surface area (Å²) in [6, 6.07) is 8.24. The van der Waals surface area contributed by atoms with Crippen molar-refractivity contribution in [3.8, 4) is 6.07 Å². The Balaban J connectivity index is 1.64. The minimum absolute atomic E-state index is 0.139. The highest BCUT2D eigenvalue weighted by Gasteiger charge is 2.31. The molecule has 0 saturated carbocycles.